The maximum Gasteiger partial charge on any atom is 0.337 e. The van der Waals surface area contributed by atoms with Gasteiger partial charge in [-0.2, -0.15) is 0 Å². The molecule has 7 nitrogen and oxygen atoms in total. The molecule has 1 saturated heterocycles. The summed E-state index contributed by atoms with van der Waals surface area (Å²) >= 11 is 0. The number of carboxylic acids is 1. The van der Waals surface area contributed by atoms with Gasteiger partial charge in [0.1, 0.15) is 5.75 Å². The second kappa shape index (κ2) is 11.7. The minimum atomic E-state index is -1.15. The van der Waals surface area contributed by atoms with E-state index in [1.807, 2.05) is 30.3 Å². The van der Waals surface area contributed by atoms with Gasteiger partial charge in [-0.1, -0.05) is 36.4 Å². The molecule has 1 aliphatic rings. The van der Waals surface area contributed by atoms with Crippen molar-refractivity contribution in [2.24, 2.45) is 5.92 Å². The van der Waals surface area contributed by atoms with Crippen molar-refractivity contribution in [2.75, 3.05) is 29.9 Å². The van der Waals surface area contributed by atoms with Crippen molar-refractivity contribution in [2.45, 2.75) is 19.3 Å². The van der Waals surface area contributed by atoms with E-state index in [0.717, 1.165) is 49.2 Å². The minimum Gasteiger partial charge on any atom is -0.507 e. The van der Waals surface area contributed by atoms with Crippen LogP contribution in [0, 0.1) is 5.92 Å². The van der Waals surface area contributed by atoms with Crippen molar-refractivity contribution in [3.05, 3.63) is 77.9 Å². The molecule has 0 saturated carbocycles. The normalized spacial score (nSPS) is 13.7. The fourth-order valence-electron chi connectivity index (χ4n) is 4.40. The molecule has 1 heterocycles. The van der Waals surface area contributed by atoms with Gasteiger partial charge in [-0.05, 0) is 66.6 Å². The predicted octanol–water partition coefficient (Wildman–Crippen LogP) is 5.03. The van der Waals surface area contributed by atoms with Crippen LogP contribution in [0.2, 0.25) is 0 Å². The van der Waals surface area contributed by atoms with E-state index in [-0.39, 0.29) is 41.6 Å². The third-order valence-electron chi connectivity index (χ3n) is 6.35. The summed E-state index contributed by atoms with van der Waals surface area (Å²) in [5, 5.41) is 31.8. The quantitative estimate of drug-likeness (QED) is 0.365. The number of hydrogen-bond donors (Lipinski definition) is 4. The number of aliphatic hydroxyl groups is 1. The lowest BCUT2D eigenvalue weighted by Crippen LogP contribution is -2.34. The van der Waals surface area contributed by atoms with Crippen molar-refractivity contribution in [1.82, 2.24) is 0 Å². The van der Waals surface area contributed by atoms with Crippen molar-refractivity contribution >= 4 is 35.7 Å². The van der Waals surface area contributed by atoms with Crippen LogP contribution < -0.4 is 10.2 Å². The lowest BCUT2D eigenvalue weighted by Gasteiger charge is -2.33. The number of halogens is 1. The first kappa shape index (κ1) is 26.1. The van der Waals surface area contributed by atoms with Gasteiger partial charge in [0.15, 0.2) is 0 Å². The Balaban J connectivity index is 0.00000342. The zero-order chi connectivity index (χ0) is 24.1. The lowest BCUT2D eigenvalue weighted by atomic mass is 9.93. The molecule has 0 aromatic heterocycles. The molecule has 1 aliphatic heterocycles. The Morgan fingerprint density at radius 2 is 1.63 bits per heavy atom. The summed E-state index contributed by atoms with van der Waals surface area (Å²) in [6, 6.07) is 19.2. The second-order valence-electron chi connectivity index (χ2n) is 8.53. The van der Waals surface area contributed by atoms with E-state index in [1.165, 1.54) is 12.1 Å². The molecule has 1 amide bonds. The van der Waals surface area contributed by atoms with Crippen LogP contribution in [0.25, 0.3) is 11.1 Å². The number of phenolic OH excluding ortho intramolecular Hbond substituents is 1. The van der Waals surface area contributed by atoms with Gasteiger partial charge < -0.3 is 25.5 Å². The number of phenols is 1. The summed E-state index contributed by atoms with van der Waals surface area (Å²) in [5.41, 5.74) is 2.69. The number of carboxylic acid groups (broad SMARTS) is 1. The van der Waals surface area contributed by atoms with Gasteiger partial charge in [-0.15, -0.1) is 12.4 Å². The Bertz CT molecular complexity index is 1180. The fourth-order valence-corrected chi connectivity index (χ4v) is 4.40. The monoisotopic (exact) mass is 496 g/mol. The number of anilines is 2. The van der Waals surface area contributed by atoms with E-state index in [0.29, 0.717) is 5.92 Å². The molecule has 4 N–H and O–H groups in total. The van der Waals surface area contributed by atoms with Gasteiger partial charge in [0.25, 0.3) is 5.91 Å². The number of hydrogen-bond acceptors (Lipinski definition) is 5. The molecule has 184 valence electrons. The zero-order valence-corrected chi connectivity index (χ0v) is 20.0. The summed E-state index contributed by atoms with van der Waals surface area (Å²) in [7, 11) is 0. The number of amides is 1. The highest BCUT2D eigenvalue weighted by molar-refractivity contribution is 6.10. The topological polar surface area (TPSA) is 110 Å². The molecule has 0 spiro atoms. The fraction of sp³-hybridized carbons (Fsp3) is 0.259. The smallest absolute Gasteiger partial charge is 0.337 e. The molecule has 0 unspecified atom stereocenters. The maximum atomic E-state index is 13.1. The van der Waals surface area contributed by atoms with E-state index in [4.69, 9.17) is 5.11 Å². The van der Waals surface area contributed by atoms with Gasteiger partial charge in [-0.25, -0.2) is 4.79 Å². The third-order valence-corrected chi connectivity index (χ3v) is 6.35. The highest BCUT2D eigenvalue weighted by atomic mass is 35.5. The number of carbonyl (C=O) groups is 2. The standard InChI is InChI=1S/C27H28N2O5.ClH/c30-15-12-18-10-13-29(14-11-18)21-7-9-25(31)23(17-21)26(32)28-24-16-20(6-8-22(24)27(33)34)19-4-2-1-3-5-19;/h1-9,16-18,30-31H,10-15H2,(H,28,32)(H,33,34);1H. The average molecular weight is 497 g/mol. The van der Waals surface area contributed by atoms with Crippen molar-refractivity contribution < 1.29 is 24.9 Å². The SMILES string of the molecule is Cl.O=C(Nc1cc(-c2ccccc2)ccc1C(=O)O)c1cc(N2CCC(CCO)CC2)ccc1O. The predicted molar refractivity (Wildman–Crippen MR) is 139 cm³/mol. The molecule has 3 aromatic rings. The van der Waals surface area contributed by atoms with Crippen LogP contribution in [0.15, 0.2) is 66.7 Å². The van der Waals surface area contributed by atoms with Crippen molar-refractivity contribution in [1.29, 1.82) is 0 Å². The van der Waals surface area contributed by atoms with Crippen LogP contribution in [0.4, 0.5) is 11.4 Å². The highest BCUT2D eigenvalue weighted by Crippen LogP contribution is 2.31. The first-order valence-corrected chi connectivity index (χ1v) is 11.4. The van der Waals surface area contributed by atoms with Crippen molar-refractivity contribution in [3.8, 4) is 16.9 Å². The molecular formula is C27H29ClN2O5. The largest absolute Gasteiger partial charge is 0.507 e. The van der Waals surface area contributed by atoms with E-state index in [1.54, 1.807) is 24.3 Å². The number of piperidine rings is 1. The Morgan fingerprint density at radius 3 is 2.29 bits per heavy atom. The van der Waals surface area contributed by atoms with E-state index in [9.17, 15) is 19.8 Å². The Hall–Kier alpha value is -3.55. The summed E-state index contributed by atoms with van der Waals surface area (Å²) < 4.78 is 0. The van der Waals surface area contributed by atoms with Gasteiger partial charge in [-0.3, -0.25) is 4.79 Å². The first-order chi connectivity index (χ1) is 16.5. The van der Waals surface area contributed by atoms with Crippen molar-refractivity contribution in [3.63, 3.8) is 0 Å². The molecule has 0 radical (unpaired) electrons. The zero-order valence-electron chi connectivity index (χ0n) is 19.2. The van der Waals surface area contributed by atoms with Gasteiger partial charge in [0.05, 0.1) is 16.8 Å². The Labute approximate surface area is 210 Å². The Kier molecular flexibility index (Phi) is 8.73. The van der Waals surface area contributed by atoms with Crippen LogP contribution >= 0.6 is 12.4 Å². The summed E-state index contributed by atoms with van der Waals surface area (Å²) in [4.78, 5) is 27.0. The number of carbonyl (C=O) groups excluding carboxylic acids is 1. The van der Waals surface area contributed by atoms with Crippen LogP contribution in [0.1, 0.15) is 40.0 Å². The number of rotatable bonds is 7. The maximum absolute atomic E-state index is 13.1. The van der Waals surface area contributed by atoms with Crippen LogP contribution in [-0.4, -0.2) is 46.9 Å². The molecule has 8 heteroatoms. The van der Waals surface area contributed by atoms with Gasteiger partial charge >= 0.3 is 5.97 Å². The molecular weight excluding hydrogens is 468 g/mol. The summed E-state index contributed by atoms with van der Waals surface area (Å²) in [6.45, 7) is 1.80. The highest BCUT2D eigenvalue weighted by Gasteiger charge is 2.22. The first-order valence-electron chi connectivity index (χ1n) is 11.4. The summed E-state index contributed by atoms with van der Waals surface area (Å²) in [5.74, 6) is -1.42. The molecule has 0 aliphatic carbocycles. The number of nitrogens with one attached hydrogen (secondary N) is 1. The van der Waals surface area contributed by atoms with Crippen LogP contribution in [-0.2, 0) is 0 Å². The molecule has 35 heavy (non-hydrogen) atoms. The molecule has 3 aromatic carbocycles. The molecule has 1 fully saturated rings. The molecule has 0 bridgehead atoms. The average Bonchev–Trinajstić information content (AvgIpc) is 2.85. The Morgan fingerprint density at radius 1 is 0.914 bits per heavy atom. The number of aliphatic hydroxyl groups excluding tert-OH is 1. The molecule has 0 atom stereocenters. The summed E-state index contributed by atoms with van der Waals surface area (Å²) in [6.07, 6.45) is 2.71. The number of benzene rings is 3. The van der Waals surface area contributed by atoms with E-state index >= 15 is 0 Å². The van der Waals surface area contributed by atoms with Crippen LogP contribution in [0.5, 0.6) is 5.75 Å². The van der Waals surface area contributed by atoms with Crippen LogP contribution in [0.3, 0.4) is 0 Å². The number of aromatic hydroxyl groups is 1. The molecule has 4 rings (SSSR count). The lowest BCUT2D eigenvalue weighted by molar-refractivity contribution is 0.0698. The van der Waals surface area contributed by atoms with Gasteiger partial charge in [0.2, 0.25) is 0 Å². The second-order valence-corrected chi connectivity index (χ2v) is 8.53. The van der Waals surface area contributed by atoms with Gasteiger partial charge in [0, 0.05) is 25.4 Å². The van der Waals surface area contributed by atoms with E-state index < -0.39 is 11.9 Å². The van der Waals surface area contributed by atoms with E-state index in [2.05, 4.69) is 10.2 Å². The number of nitrogens with zero attached hydrogens (tertiary/aromatic N) is 1. The third kappa shape index (κ3) is 6.12. The minimum absolute atomic E-state index is 0. The number of aromatic carboxylic acids is 1.